The van der Waals surface area contributed by atoms with Crippen LogP contribution in [-0.2, 0) is 6.18 Å². The maximum atomic E-state index is 13.5. The second-order valence-corrected chi connectivity index (χ2v) is 6.42. The molecule has 1 aliphatic carbocycles. The zero-order chi connectivity index (χ0) is 14.8. The summed E-state index contributed by atoms with van der Waals surface area (Å²) in [5, 5.41) is 0.584. The smallest absolute Gasteiger partial charge is 0.323 e. The monoisotopic (exact) mass is 307 g/mol. The van der Waals surface area contributed by atoms with Gasteiger partial charge in [-0.2, -0.15) is 24.9 Å². The second-order valence-electron chi connectivity index (χ2n) is 5.08. The molecule has 0 aliphatic heterocycles. The predicted octanol–water partition coefficient (Wildman–Crippen LogP) is 4.52. The highest BCUT2D eigenvalue weighted by molar-refractivity contribution is 7.99. The van der Waals surface area contributed by atoms with Crippen molar-refractivity contribution in [2.45, 2.75) is 43.2 Å². The largest absolute Gasteiger partial charge is 0.419 e. The molecule has 1 unspecified atom stereocenters. The Labute approximate surface area is 119 Å². The predicted molar refractivity (Wildman–Crippen MR) is 73.0 cm³/mol. The molecular formula is C14H17F4NS. The van der Waals surface area contributed by atoms with E-state index in [1.54, 1.807) is 11.8 Å². The molecule has 1 saturated carbocycles. The minimum Gasteiger partial charge on any atom is -0.323 e. The molecule has 0 amide bonds. The third kappa shape index (κ3) is 3.88. The van der Waals surface area contributed by atoms with Crippen LogP contribution in [0.15, 0.2) is 18.2 Å². The lowest BCUT2D eigenvalue weighted by atomic mass is 10.1. The van der Waals surface area contributed by atoms with E-state index in [1.165, 1.54) is 31.7 Å². The van der Waals surface area contributed by atoms with E-state index in [0.717, 1.165) is 12.1 Å². The molecule has 1 fully saturated rings. The highest BCUT2D eigenvalue weighted by atomic mass is 32.2. The Kier molecular flexibility index (Phi) is 4.96. The summed E-state index contributed by atoms with van der Waals surface area (Å²) in [4.78, 5) is 0. The normalized spacial score (nSPS) is 18.4. The third-order valence-corrected chi connectivity index (χ3v) is 5.03. The van der Waals surface area contributed by atoms with Gasteiger partial charge in [0.25, 0.3) is 0 Å². The molecule has 1 aliphatic rings. The van der Waals surface area contributed by atoms with Gasteiger partial charge in [0.15, 0.2) is 0 Å². The van der Waals surface area contributed by atoms with Crippen molar-refractivity contribution in [3.05, 3.63) is 35.1 Å². The van der Waals surface area contributed by atoms with E-state index in [1.807, 2.05) is 0 Å². The van der Waals surface area contributed by atoms with E-state index < -0.39 is 23.6 Å². The number of hydrogen-bond donors (Lipinski definition) is 1. The lowest BCUT2D eigenvalue weighted by molar-refractivity contribution is -0.140. The number of rotatable bonds is 4. The zero-order valence-electron chi connectivity index (χ0n) is 10.9. The van der Waals surface area contributed by atoms with Crippen LogP contribution < -0.4 is 5.73 Å². The summed E-state index contributed by atoms with van der Waals surface area (Å²) >= 11 is 1.73. The van der Waals surface area contributed by atoms with Gasteiger partial charge in [-0.25, -0.2) is 4.39 Å². The van der Waals surface area contributed by atoms with Crippen LogP contribution in [0.25, 0.3) is 0 Å². The van der Waals surface area contributed by atoms with Crippen molar-refractivity contribution < 1.29 is 17.6 Å². The van der Waals surface area contributed by atoms with Crippen molar-refractivity contribution in [1.29, 1.82) is 0 Å². The van der Waals surface area contributed by atoms with Crippen LogP contribution in [-0.4, -0.2) is 11.0 Å². The van der Waals surface area contributed by atoms with Crippen LogP contribution in [0.5, 0.6) is 0 Å². The molecule has 0 aromatic heterocycles. The maximum Gasteiger partial charge on any atom is 0.419 e. The standard InChI is InChI=1S/C14H17F4NS/c15-12-7-9(5-6-11(12)14(16,17)18)13(19)8-20-10-3-1-2-4-10/h5-7,10,13H,1-4,8,19H2. The van der Waals surface area contributed by atoms with Crippen LogP contribution in [0.1, 0.15) is 42.9 Å². The average Bonchev–Trinajstić information content (AvgIpc) is 2.87. The van der Waals surface area contributed by atoms with E-state index in [0.29, 0.717) is 16.6 Å². The molecule has 2 N–H and O–H groups in total. The quantitative estimate of drug-likeness (QED) is 0.828. The Balaban J connectivity index is 1.99. The second kappa shape index (κ2) is 6.35. The van der Waals surface area contributed by atoms with Gasteiger partial charge >= 0.3 is 6.18 Å². The minimum atomic E-state index is -4.66. The molecule has 0 bridgehead atoms. The Morgan fingerprint density at radius 2 is 1.90 bits per heavy atom. The molecule has 1 aromatic carbocycles. The third-order valence-electron chi connectivity index (χ3n) is 3.54. The van der Waals surface area contributed by atoms with Crippen LogP contribution in [0.2, 0.25) is 0 Å². The van der Waals surface area contributed by atoms with Crippen LogP contribution in [0.3, 0.4) is 0 Å². The molecule has 0 radical (unpaired) electrons. The van der Waals surface area contributed by atoms with Crippen molar-refractivity contribution in [1.82, 2.24) is 0 Å². The summed E-state index contributed by atoms with van der Waals surface area (Å²) < 4.78 is 50.8. The number of benzene rings is 1. The van der Waals surface area contributed by atoms with E-state index in [9.17, 15) is 17.6 Å². The highest BCUT2D eigenvalue weighted by Gasteiger charge is 2.34. The van der Waals surface area contributed by atoms with Gasteiger partial charge in [0.05, 0.1) is 5.56 Å². The summed E-state index contributed by atoms with van der Waals surface area (Å²) in [6, 6.07) is 2.51. The van der Waals surface area contributed by atoms with Gasteiger partial charge in [-0.3, -0.25) is 0 Å². The van der Waals surface area contributed by atoms with Gasteiger partial charge in [-0.1, -0.05) is 18.9 Å². The zero-order valence-corrected chi connectivity index (χ0v) is 11.7. The average molecular weight is 307 g/mol. The first kappa shape index (κ1) is 15.6. The number of thioether (sulfide) groups is 1. The molecule has 6 heteroatoms. The van der Waals surface area contributed by atoms with Crippen molar-refractivity contribution in [3.63, 3.8) is 0 Å². The fourth-order valence-electron chi connectivity index (χ4n) is 2.38. The molecule has 1 atom stereocenters. The van der Waals surface area contributed by atoms with E-state index in [4.69, 9.17) is 5.73 Å². The maximum absolute atomic E-state index is 13.5. The molecule has 1 aromatic rings. The van der Waals surface area contributed by atoms with Gasteiger partial charge in [0.2, 0.25) is 0 Å². The van der Waals surface area contributed by atoms with Crippen molar-refractivity contribution >= 4 is 11.8 Å². The lowest BCUT2D eigenvalue weighted by Crippen LogP contribution is -2.16. The van der Waals surface area contributed by atoms with Crippen molar-refractivity contribution in [3.8, 4) is 0 Å². The SMILES string of the molecule is NC(CSC1CCCC1)c1ccc(C(F)(F)F)c(F)c1. The molecule has 0 heterocycles. The fraction of sp³-hybridized carbons (Fsp3) is 0.571. The first-order chi connectivity index (χ1) is 9.38. The van der Waals surface area contributed by atoms with Crippen LogP contribution in [0, 0.1) is 5.82 Å². The summed E-state index contributed by atoms with van der Waals surface area (Å²) in [5.41, 5.74) is 5.11. The summed E-state index contributed by atoms with van der Waals surface area (Å²) in [7, 11) is 0. The van der Waals surface area contributed by atoms with Crippen molar-refractivity contribution in [2.24, 2.45) is 5.73 Å². The number of halogens is 4. The fourth-order valence-corrected chi connectivity index (χ4v) is 3.72. The molecule has 0 spiro atoms. The molecule has 1 nitrogen and oxygen atoms in total. The Hall–Kier alpha value is -0.750. The highest BCUT2D eigenvalue weighted by Crippen LogP contribution is 2.34. The molecular weight excluding hydrogens is 290 g/mol. The molecule has 112 valence electrons. The summed E-state index contributed by atoms with van der Waals surface area (Å²) in [6.45, 7) is 0. The van der Waals surface area contributed by atoms with Gasteiger partial charge in [-0.05, 0) is 30.5 Å². The van der Waals surface area contributed by atoms with Gasteiger partial charge in [0, 0.05) is 17.0 Å². The Morgan fingerprint density at radius 1 is 1.25 bits per heavy atom. The topological polar surface area (TPSA) is 26.0 Å². The minimum absolute atomic E-state index is 0.418. The van der Waals surface area contributed by atoms with Gasteiger partial charge in [-0.15, -0.1) is 0 Å². The van der Waals surface area contributed by atoms with E-state index in [-0.39, 0.29) is 0 Å². The Morgan fingerprint density at radius 3 is 2.45 bits per heavy atom. The summed E-state index contributed by atoms with van der Waals surface area (Å²) in [6.07, 6.45) is 0.118. The number of nitrogens with two attached hydrogens (primary N) is 1. The lowest BCUT2D eigenvalue weighted by Gasteiger charge is -2.16. The number of alkyl halides is 3. The van der Waals surface area contributed by atoms with Gasteiger partial charge in [0.1, 0.15) is 5.82 Å². The molecule has 0 saturated heterocycles. The summed E-state index contributed by atoms with van der Waals surface area (Å²) in [5.74, 6) is -0.647. The van der Waals surface area contributed by atoms with E-state index in [2.05, 4.69) is 0 Å². The first-order valence-electron chi connectivity index (χ1n) is 6.62. The van der Waals surface area contributed by atoms with Gasteiger partial charge < -0.3 is 5.73 Å². The van der Waals surface area contributed by atoms with Crippen LogP contribution >= 0.6 is 11.8 Å². The van der Waals surface area contributed by atoms with E-state index >= 15 is 0 Å². The Bertz CT molecular complexity index is 455. The first-order valence-corrected chi connectivity index (χ1v) is 7.66. The molecule has 20 heavy (non-hydrogen) atoms. The molecule has 2 rings (SSSR count). The van der Waals surface area contributed by atoms with Crippen LogP contribution in [0.4, 0.5) is 17.6 Å². The van der Waals surface area contributed by atoms with Crippen molar-refractivity contribution in [2.75, 3.05) is 5.75 Å². The number of hydrogen-bond acceptors (Lipinski definition) is 2.